The summed E-state index contributed by atoms with van der Waals surface area (Å²) in [7, 11) is 3.91. The van der Waals surface area contributed by atoms with Crippen molar-refractivity contribution in [1.29, 1.82) is 0 Å². The Morgan fingerprint density at radius 3 is 2.68 bits per heavy atom. The number of aromatic nitrogens is 2. The minimum Gasteiger partial charge on any atom is -0.497 e. The van der Waals surface area contributed by atoms with Gasteiger partial charge in [-0.3, -0.25) is 4.90 Å². The molecule has 22 heavy (non-hydrogen) atoms. The Morgan fingerprint density at radius 2 is 2.00 bits per heavy atom. The lowest BCUT2D eigenvalue weighted by atomic mass is 10.1. The fourth-order valence-corrected chi connectivity index (χ4v) is 3.99. The van der Waals surface area contributed by atoms with E-state index in [4.69, 9.17) is 4.74 Å². The number of imidazole rings is 1. The Bertz CT molecular complexity index is 590. The minimum absolute atomic E-state index is 0.683. The third-order valence-electron chi connectivity index (χ3n) is 4.27. The smallest absolute Gasteiger partial charge is 0.127 e. The van der Waals surface area contributed by atoms with E-state index in [1.165, 1.54) is 24.3 Å². The highest BCUT2D eigenvalue weighted by molar-refractivity contribution is 7.99. The van der Waals surface area contributed by atoms with Gasteiger partial charge in [0, 0.05) is 24.1 Å². The SMILES string of the molecule is COc1ccc(-n2ccnc2CN(C)C2CCSCC2)cc1. The maximum atomic E-state index is 5.23. The second-order valence-electron chi connectivity index (χ2n) is 5.67. The summed E-state index contributed by atoms with van der Waals surface area (Å²) in [6.45, 7) is 0.883. The van der Waals surface area contributed by atoms with E-state index in [0.29, 0.717) is 6.04 Å². The molecule has 1 fully saturated rings. The number of ether oxygens (including phenoxy) is 1. The Hall–Kier alpha value is -1.46. The van der Waals surface area contributed by atoms with E-state index in [2.05, 4.69) is 45.4 Å². The molecule has 1 saturated heterocycles. The summed E-state index contributed by atoms with van der Waals surface area (Å²) in [6.07, 6.45) is 6.47. The largest absolute Gasteiger partial charge is 0.497 e. The monoisotopic (exact) mass is 317 g/mol. The highest BCUT2D eigenvalue weighted by atomic mass is 32.2. The molecule has 0 saturated carbocycles. The van der Waals surface area contributed by atoms with Gasteiger partial charge >= 0.3 is 0 Å². The summed E-state index contributed by atoms with van der Waals surface area (Å²) >= 11 is 2.07. The van der Waals surface area contributed by atoms with Crippen LogP contribution in [0.15, 0.2) is 36.7 Å². The molecule has 0 aliphatic carbocycles. The maximum Gasteiger partial charge on any atom is 0.127 e. The van der Waals surface area contributed by atoms with E-state index < -0.39 is 0 Å². The second-order valence-corrected chi connectivity index (χ2v) is 6.89. The standard InChI is InChI=1S/C17H23N3OS/c1-19(14-7-11-22-12-8-14)13-17-18-9-10-20(17)15-3-5-16(21-2)6-4-15/h3-6,9-10,14H,7-8,11-13H2,1-2H3. The number of hydrogen-bond acceptors (Lipinski definition) is 4. The molecule has 3 rings (SSSR count). The highest BCUT2D eigenvalue weighted by Crippen LogP contribution is 2.23. The van der Waals surface area contributed by atoms with Crippen molar-refractivity contribution in [2.45, 2.75) is 25.4 Å². The van der Waals surface area contributed by atoms with E-state index in [1.807, 2.05) is 24.5 Å². The van der Waals surface area contributed by atoms with Crippen molar-refractivity contribution in [2.75, 3.05) is 25.7 Å². The first-order chi connectivity index (χ1) is 10.8. The van der Waals surface area contributed by atoms with Crippen LogP contribution in [0.4, 0.5) is 0 Å². The molecule has 0 unspecified atom stereocenters. The number of benzene rings is 1. The summed E-state index contributed by atoms with van der Waals surface area (Å²) in [5, 5.41) is 0. The third kappa shape index (κ3) is 3.47. The van der Waals surface area contributed by atoms with Gasteiger partial charge < -0.3 is 9.30 Å². The van der Waals surface area contributed by atoms with Crippen molar-refractivity contribution in [2.24, 2.45) is 0 Å². The molecule has 1 aromatic carbocycles. The van der Waals surface area contributed by atoms with Crippen molar-refractivity contribution < 1.29 is 4.74 Å². The van der Waals surface area contributed by atoms with Crippen LogP contribution in [-0.4, -0.2) is 46.2 Å². The van der Waals surface area contributed by atoms with Crippen LogP contribution in [0.2, 0.25) is 0 Å². The van der Waals surface area contributed by atoms with Gasteiger partial charge in [-0.1, -0.05) is 0 Å². The van der Waals surface area contributed by atoms with Crippen molar-refractivity contribution >= 4 is 11.8 Å². The molecule has 0 amide bonds. The first kappa shape index (κ1) is 15.4. The Kier molecular flexibility index (Phi) is 5.05. The molecule has 2 heterocycles. The van der Waals surface area contributed by atoms with E-state index >= 15 is 0 Å². The van der Waals surface area contributed by atoms with Gasteiger partial charge in [-0.2, -0.15) is 11.8 Å². The Labute approximate surface area is 136 Å². The lowest BCUT2D eigenvalue weighted by Gasteiger charge is -2.30. The molecule has 1 aliphatic rings. The zero-order valence-corrected chi connectivity index (χ0v) is 14.1. The van der Waals surface area contributed by atoms with Crippen LogP contribution in [0.5, 0.6) is 5.75 Å². The average molecular weight is 317 g/mol. The lowest BCUT2D eigenvalue weighted by molar-refractivity contribution is 0.215. The van der Waals surface area contributed by atoms with Gasteiger partial charge in [0.05, 0.1) is 13.7 Å². The second kappa shape index (κ2) is 7.20. The number of rotatable bonds is 5. The van der Waals surface area contributed by atoms with Gasteiger partial charge in [0.15, 0.2) is 0 Å². The molecular formula is C17H23N3OS. The molecule has 4 nitrogen and oxygen atoms in total. The number of thioether (sulfide) groups is 1. The molecule has 1 aromatic heterocycles. The highest BCUT2D eigenvalue weighted by Gasteiger charge is 2.19. The molecule has 0 atom stereocenters. The summed E-state index contributed by atoms with van der Waals surface area (Å²) < 4.78 is 7.39. The van der Waals surface area contributed by atoms with Crippen LogP contribution >= 0.6 is 11.8 Å². The topological polar surface area (TPSA) is 30.3 Å². The van der Waals surface area contributed by atoms with Gasteiger partial charge in [0.1, 0.15) is 11.6 Å². The number of methoxy groups -OCH3 is 1. The van der Waals surface area contributed by atoms with Crippen LogP contribution in [0, 0.1) is 0 Å². The van der Waals surface area contributed by atoms with Gasteiger partial charge in [-0.25, -0.2) is 4.98 Å². The van der Waals surface area contributed by atoms with Gasteiger partial charge in [-0.05, 0) is 55.7 Å². The van der Waals surface area contributed by atoms with Crippen LogP contribution < -0.4 is 4.74 Å². The van der Waals surface area contributed by atoms with Crippen LogP contribution in [-0.2, 0) is 6.54 Å². The van der Waals surface area contributed by atoms with Crippen molar-refractivity contribution in [3.63, 3.8) is 0 Å². The zero-order chi connectivity index (χ0) is 15.4. The molecule has 0 bridgehead atoms. The lowest BCUT2D eigenvalue weighted by Crippen LogP contribution is -2.35. The molecule has 0 N–H and O–H groups in total. The van der Waals surface area contributed by atoms with Crippen LogP contribution in [0.25, 0.3) is 5.69 Å². The summed E-state index contributed by atoms with van der Waals surface area (Å²) in [5.41, 5.74) is 1.13. The van der Waals surface area contributed by atoms with Gasteiger partial charge in [0.2, 0.25) is 0 Å². The third-order valence-corrected chi connectivity index (χ3v) is 5.32. The number of hydrogen-bond donors (Lipinski definition) is 0. The normalized spacial score (nSPS) is 16.1. The molecule has 0 radical (unpaired) electrons. The van der Waals surface area contributed by atoms with E-state index in [-0.39, 0.29) is 0 Å². The Balaban J connectivity index is 1.73. The van der Waals surface area contributed by atoms with E-state index in [9.17, 15) is 0 Å². The fourth-order valence-electron chi connectivity index (χ4n) is 2.91. The first-order valence-corrected chi connectivity index (χ1v) is 8.88. The quantitative estimate of drug-likeness (QED) is 0.847. The summed E-state index contributed by atoms with van der Waals surface area (Å²) in [6, 6.07) is 8.80. The predicted molar refractivity (Wildman–Crippen MR) is 91.9 cm³/mol. The van der Waals surface area contributed by atoms with Gasteiger partial charge in [0.25, 0.3) is 0 Å². The molecular weight excluding hydrogens is 294 g/mol. The molecule has 118 valence electrons. The van der Waals surface area contributed by atoms with E-state index in [0.717, 1.165) is 23.8 Å². The minimum atomic E-state index is 0.683. The predicted octanol–water partition coefficient (Wildman–Crippen LogP) is 3.21. The van der Waals surface area contributed by atoms with Crippen molar-refractivity contribution in [3.05, 3.63) is 42.5 Å². The maximum absolute atomic E-state index is 5.23. The fraction of sp³-hybridized carbons (Fsp3) is 0.471. The van der Waals surface area contributed by atoms with Crippen LogP contribution in [0.3, 0.4) is 0 Å². The molecule has 2 aromatic rings. The van der Waals surface area contributed by atoms with Crippen molar-refractivity contribution in [3.8, 4) is 11.4 Å². The number of nitrogens with zero attached hydrogens (tertiary/aromatic N) is 3. The van der Waals surface area contributed by atoms with E-state index in [1.54, 1.807) is 7.11 Å². The van der Waals surface area contributed by atoms with Crippen LogP contribution in [0.1, 0.15) is 18.7 Å². The molecule has 0 spiro atoms. The van der Waals surface area contributed by atoms with Crippen molar-refractivity contribution in [1.82, 2.24) is 14.5 Å². The zero-order valence-electron chi connectivity index (χ0n) is 13.2. The summed E-state index contributed by atoms with van der Waals surface area (Å²) in [4.78, 5) is 7.00. The summed E-state index contributed by atoms with van der Waals surface area (Å²) in [5.74, 6) is 4.53. The molecule has 1 aliphatic heterocycles. The van der Waals surface area contributed by atoms with Gasteiger partial charge in [-0.15, -0.1) is 0 Å². The average Bonchev–Trinajstić information content (AvgIpc) is 3.04. The molecule has 5 heteroatoms. The Morgan fingerprint density at radius 1 is 1.27 bits per heavy atom. The first-order valence-electron chi connectivity index (χ1n) is 7.72.